The van der Waals surface area contributed by atoms with Gasteiger partial charge in [-0.2, -0.15) is 0 Å². The average Bonchev–Trinajstić information content (AvgIpc) is 2.44. The van der Waals surface area contributed by atoms with Gasteiger partial charge in [0.1, 0.15) is 11.3 Å². The van der Waals surface area contributed by atoms with E-state index < -0.39 is 0 Å². The van der Waals surface area contributed by atoms with Crippen molar-refractivity contribution < 1.29 is 0 Å². The fraction of sp³-hybridized carbons (Fsp3) is 0.250. The van der Waals surface area contributed by atoms with Crippen molar-refractivity contribution in [3.05, 3.63) is 21.8 Å². The smallest absolute Gasteiger partial charge is 0.118 e. The van der Waals surface area contributed by atoms with Gasteiger partial charge in [-0.25, -0.2) is 4.98 Å². The van der Waals surface area contributed by atoms with Crippen LogP contribution in [0.3, 0.4) is 0 Å². The van der Waals surface area contributed by atoms with E-state index in [1.54, 1.807) is 0 Å². The molecule has 0 aromatic carbocycles. The summed E-state index contributed by atoms with van der Waals surface area (Å²) in [5.41, 5.74) is 2.16. The summed E-state index contributed by atoms with van der Waals surface area (Å²) in [5.74, 6) is 1.10. The second-order valence-corrected chi connectivity index (χ2v) is 4.78. The largest absolute Gasteiger partial charge is 0.267 e. The molecule has 0 bridgehead atoms. The van der Waals surface area contributed by atoms with E-state index in [-0.39, 0.29) is 0 Å². The second kappa shape index (κ2) is 3.68. The summed E-state index contributed by atoms with van der Waals surface area (Å²) in [6.07, 6.45) is 4.62. The van der Waals surface area contributed by atoms with Crippen molar-refractivity contribution in [2.75, 3.05) is 0 Å². The summed E-state index contributed by atoms with van der Waals surface area (Å²) in [7, 11) is 0. The van der Waals surface area contributed by atoms with Gasteiger partial charge < -0.3 is 0 Å². The van der Waals surface area contributed by atoms with Gasteiger partial charge in [0.05, 0.1) is 38.1 Å². The fourth-order valence-electron chi connectivity index (χ4n) is 1.22. The van der Waals surface area contributed by atoms with Crippen molar-refractivity contribution in [1.82, 2.24) is 12.7 Å². The number of nitrogens with zero attached hydrogens (tertiary/aromatic N) is 3. The lowest BCUT2D eigenvalue weighted by atomic mass is 10.4. The molecule has 0 aliphatic heterocycles. The monoisotopic (exact) mass is 399 g/mol. The molecule has 0 saturated heterocycles. The van der Waals surface area contributed by atoms with Crippen LogP contribution < -0.4 is 0 Å². The number of imidazole rings is 1. The highest BCUT2D eigenvalue weighted by molar-refractivity contribution is 14.1. The van der Waals surface area contributed by atoms with Gasteiger partial charge in [-0.1, -0.05) is 6.92 Å². The van der Waals surface area contributed by atoms with Crippen LogP contribution in [0.4, 0.5) is 0 Å². The molecule has 0 aliphatic rings. The van der Waals surface area contributed by atoms with Crippen LogP contribution >= 0.6 is 45.5 Å². The van der Waals surface area contributed by atoms with E-state index in [9.17, 15) is 0 Å². The van der Waals surface area contributed by atoms with Gasteiger partial charge in [0.25, 0.3) is 0 Å². The number of hydrogen-bond acceptors (Lipinski definition) is 2. The molecule has 0 radical (unpaired) electrons. The van der Waals surface area contributed by atoms with Gasteiger partial charge in [0.15, 0.2) is 0 Å². The zero-order valence-corrected chi connectivity index (χ0v) is 11.3. The molecule has 5 heteroatoms. The Morgan fingerprint density at radius 2 is 2.23 bits per heavy atom. The first kappa shape index (κ1) is 9.63. The molecule has 0 unspecified atom stereocenters. The summed E-state index contributed by atoms with van der Waals surface area (Å²) >= 11 is 4.57. The molecule has 2 aromatic heterocycles. The minimum absolute atomic E-state index is 0.952. The maximum atomic E-state index is 4.48. The van der Waals surface area contributed by atoms with Gasteiger partial charge in [-0.15, -0.1) is 0 Å². The van der Waals surface area contributed by atoms with Crippen molar-refractivity contribution >= 4 is 56.5 Å². The Morgan fingerprint density at radius 1 is 1.46 bits per heavy atom. The molecule has 0 N–H and O–H groups in total. The van der Waals surface area contributed by atoms with E-state index in [2.05, 4.69) is 65.1 Å². The quantitative estimate of drug-likeness (QED) is 0.691. The van der Waals surface area contributed by atoms with Crippen molar-refractivity contribution in [1.29, 1.82) is 0 Å². The van der Waals surface area contributed by atoms with E-state index in [0.717, 1.165) is 21.3 Å². The Labute approximate surface area is 104 Å². The normalized spacial score (nSPS) is 11.0. The Balaban J connectivity index is 2.85. The Bertz CT molecular complexity index is 450. The van der Waals surface area contributed by atoms with Gasteiger partial charge in [-0.05, 0) is 22.6 Å². The SMILES string of the molecule is CCc1nc2cncc(I)c2n1I. The van der Waals surface area contributed by atoms with Crippen LogP contribution in [0.2, 0.25) is 0 Å². The molecule has 68 valence electrons. The van der Waals surface area contributed by atoms with E-state index >= 15 is 0 Å². The third-order valence-electron chi connectivity index (χ3n) is 1.84. The standard InChI is InChI=1S/C8H7I2N3/c1-2-7-12-6-4-11-3-5(9)8(6)13(7)10/h3-4H,2H2,1H3. The predicted octanol–water partition coefficient (Wildman–Crippen LogP) is 2.80. The van der Waals surface area contributed by atoms with E-state index in [1.807, 2.05) is 12.4 Å². The van der Waals surface area contributed by atoms with Crippen molar-refractivity contribution in [2.24, 2.45) is 0 Å². The third-order valence-corrected chi connectivity index (χ3v) is 3.67. The first-order valence-electron chi connectivity index (χ1n) is 3.91. The Hall–Kier alpha value is 0.0800. The number of hydrogen-bond donors (Lipinski definition) is 0. The van der Waals surface area contributed by atoms with Gasteiger partial charge in [-0.3, -0.25) is 7.76 Å². The molecule has 2 heterocycles. The number of pyridine rings is 1. The highest BCUT2D eigenvalue weighted by atomic mass is 127. The van der Waals surface area contributed by atoms with Crippen LogP contribution in [-0.4, -0.2) is 12.7 Å². The summed E-state index contributed by atoms with van der Waals surface area (Å²) in [6, 6.07) is 0. The topological polar surface area (TPSA) is 30.7 Å². The first-order valence-corrected chi connectivity index (χ1v) is 5.95. The van der Waals surface area contributed by atoms with Crippen LogP contribution in [-0.2, 0) is 6.42 Å². The number of rotatable bonds is 1. The third kappa shape index (κ3) is 1.56. The molecular weight excluding hydrogens is 392 g/mol. The maximum Gasteiger partial charge on any atom is 0.118 e. The van der Waals surface area contributed by atoms with Crippen LogP contribution in [0.5, 0.6) is 0 Å². The van der Waals surface area contributed by atoms with Crippen LogP contribution in [0.25, 0.3) is 11.0 Å². The number of aryl methyl sites for hydroxylation is 1. The number of halogens is 2. The van der Waals surface area contributed by atoms with Gasteiger partial charge >= 0.3 is 0 Å². The van der Waals surface area contributed by atoms with Crippen molar-refractivity contribution in [3.8, 4) is 0 Å². The lowest BCUT2D eigenvalue weighted by molar-refractivity contribution is 0.988. The van der Waals surface area contributed by atoms with Crippen molar-refractivity contribution in [3.63, 3.8) is 0 Å². The lowest BCUT2D eigenvalue weighted by Gasteiger charge is -1.96. The maximum absolute atomic E-state index is 4.48. The van der Waals surface area contributed by atoms with Crippen LogP contribution in [0.1, 0.15) is 12.7 Å². The predicted molar refractivity (Wildman–Crippen MR) is 69.0 cm³/mol. The lowest BCUT2D eigenvalue weighted by Crippen LogP contribution is -1.89. The second-order valence-electron chi connectivity index (χ2n) is 2.65. The molecule has 0 spiro atoms. The van der Waals surface area contributed by atoms with Gasteiger partial charge in [0.2, 0.25) is 0 Å². The number of fused-ring (bicyclic) bond motifs is 1. The minimum atomic E-state index is 0.952. The molecule has 0 atom stereocenters. The van der Waals surface area contributed by atoms with Crippen LogP contribution in [0, 0.1) is 3.57 Å². The highest BCUT2D eigenvalue weighted by Crippen LogP contribution is 2.23. The summed E-state index contributed by atoms with van der Waals surface area (Å²) in [4.78, 5) is 8.59. The average molecular weight is 399 g/mol. The molecule has 3 nitrogen and oxygen atoms in total. The Morgan fingerprint density at radius 3 is 2.85 bits per heavy atom. The zero-order chi connectivity index (χ0) is 9.42. The van der Waals surface area contributed by atoms with Crippen molar-refractivity contribution in [2.45, 2.75) is 13.3 Å². The summed E-state index contributed by atoms with van der Waals surface area (Å²) in [5, 5.41) is 0. The molecule has 2 aromatic rings. The molecule has 0 fully saturated rings. The summed E-state index contributed by atoms with van der Waals surface area (Å²) < 4.78 is 3.26. The molecule has 0 aliphatic carbocycles. The first-order chi connectivity index (χ1) is 6.24. The minimum Gasteiger partial charge on any atom is -0.267 e. The van der Waals surface area contributed by atoms with E-state index in [1.165, 1.54) is 5.52 Å². The molecule has 13 heavy (non-hydrogen) atoms. The zero-order valence-electron chi connectivity index (χ0n) is 6.96. The van der Waals surface area contributed by atoms with E-state index in [4.69, 9.17) is 0 Å². The highest BCUT2D eigenvalue weighted by Gasteiger charge is 2.09. The molecule has 2 rings (SSSR count). The summed E-state index contributed by atoms with van der Waals surface area (Å²) in [6.45, 7) is 2.11. The molecule has 0 saturated carbocycles. The number of aromatic nitrogens is 3. The molecule has 0 amide bonds. The Kier molecular flexibility index (Phi) is 2.72. The van der Waals surface area contributed by atoms with Crippen LogP contribution in [0.15, 0.2) is 12.4 Å². The van der Waals surface area contributed by atoms with E-state index in [0.29, 0.717) is 0 Å². The fourth-order valence-corrected chi connectivity index (χ4v) is 3.32. The molecular formula is C8H7I2N3. The van der Waals surface area contributed by atoms with Gasteiger partial charge in [0, 0.05) is 12.6 Å².